The molecule has 0 saturated heterocycles. The average molecular weight is 368 g/mol. The second-order valence-corrected chi connectivity index (χ2v) is 6.84. The number of carboxylic acids is 1. The van der Waals surface area contributed by atoms with Gasteiger partial charge in [0.2, 0.25) is 5.91 Å². The minimum absolute atomic E-state index is 0.148. The molecule has 3 N–H and O–H groups in total. The van der Waals surface area contributed by atoms with E-state index in [2.05, 4.69) is 10.6 Å². The molecule has 0 spiro atoms. The number of aliphatic carboxylic acids is 1. The highest BCUT2D eigenvalue weighted by Gasteiger charge is 2.29. The van der Waals surface area contributed by atoms with E-state index in [-0.39, 0.29) is 18.2 Å². The second-order valence-electron chi connectivity index (χ2n) is 6.84. The van der Waals surface area contributed by atoms with Crippen molar-refractivity contribution in [1.82, 2.24) is 5.32 Å². The van der Waals surface area contributed by atoms with Gasteiger partial charge in [-0.3, -0.25) is 14.4 Å². The molecule has 0 radical (unpaired) electrons. The number of carbonyl (C=O) groups excluding carboxylic acids is 2. The van der Waals surface area contributed by atoms with Crippen LogP contribution in [0.15, 0.2) is 48.5 Å². The highest BCUT2D eigenvalue weighted by molar-refractivity contribution is 5.94. The van der Waals surface area contributed by atoms with E-state index >= 15 is 0 Å². The first-order valence-electron chi connectivity index (χ1n) is 8.69. The van der Waals surface area contributed by atoms with E-state index < -0.39 is 11.4 Å². The van der Waals surface area contributed by atoms with Crippen molar-refractivity contribution in [1.29, 1.82) is 0 Å². The molecule has 6 nitrogen and oxygen atoms in total. The molecule has 27 heavy (non-hydrogen) atoms. The van der Waals surface area contributed by atoms with Crippen LogP contribution in [-0.2, 0) is 21.4 Å². The molecular formula is C21H24N2O4. The van der Waals surface area contributed by atoms with Gasteiger partial charge in [0, 0.05) is 24.7 Å². The summed E-state index contributed by atoms with van der Waals surface area (Å²) >= 11 is 0. The average Bonchev–Trinajstić information content (AvgIpc) is 2.66. The molecule has 0 atom stereocenters. The first-order chi connectivity index (χ1) is 12.7. The fourth-order valence-electron chi connectivity index (χ4n) is 2.59. The maximum Gasteiger partial charge on any atom is 0.313 e. The Morgan fingerprint density at radius 2 is 1.70 bits per heavy atom. The van der Waals surface area contributed by atoms with Gasteiger partial charge in [-0.2, -0.15) is 0 Å². The zero-order chi connectivity index (χ0) is 20.0. The van der Waals surface area contributed by atoms with Gasteiger partial charge in [0.15, 0.2) is 0 Å². The van der Waals surface area contributed by atoms with Crippen molar-refractivity contribution in [2.75, 3.05) is 12.4 Å². The van der Waals surface area contributed by atoms with E-state index in [1.54, 1.807) is 63.4 Å². The summed E-state index contributed by atoms with van der Waals surface area (Å²) in [6.07, 6.45) is 0.792. The monoisotopic (exact) mass is 368 g/mol. The molecule has 0 bridgehead atoms. The lowest BCUT2D eigenvalue weighted by Crippen LogP contribution is -2.28. The molecule has 2 rings (SSSR count). The normalized spacial score (nSPS) is 10.9. The van der Waals surface area contributed by atoms with Crippen LogP contribution in [-0.4, -0.2) is 29.9 Å². The summed E-state index contributed by atoms with van der Waals surface area (Å²) < 4.78 is 0. The van der Waals surface area contributed by atoms with Crippen LogP contribution < -0.4 is 10.6 Å². The van der Waals surface area contributed by atoms with Crippen molar-refractivity contribution in [2.45, 2.75) is 32.1 Å². The van der Waals surface area contributed by atoms with Gasteiger partial charge < -0.3 is 15.7 Å². The fraction of sp³-hybridized carbons (Fsp3) is 0.286. The largest absolute Gasteiger partial charge is 0.481 e. The predicted molar refractivity (Wildman–Crippen MR) is 104 cm³/mol. The second kappa shape index (κ2) is 8.49. The molecule has 2 aromatic carbocycles. The molecule has 2 aromatic rings. The Bertz CT molecular complexity index is 842. The van der Waals surface area contributed by atoms with Crippen LogP contribution in [0, 0.1) is 0 Å². The minimum atomic E-state index is -0.988. The lowest BCUT2D eigenvalue weighted by molar-refractivity contribution is -0.142. The maximum atomic E-state index is 12.2. The van der Waals surface area contributed by atoms with Crippen molar-refractivity contribution < 1.29 is 19.5 Å². The van der Waals surface area contributed by atoms with Crippen LogP contribution in [0.2, 0.25) is 0 Å². The summed E-state index contributed by atoms with van der Waals surface area (Å²) in [5.74, 6) is -1.21. The standard InChI is InChI=1S/C21H24N2O4/c1-21(2,20(26)27)16-8-10-17(11-9-16)23-18(24)12-7-14-5-4-6-15(13-14)19(25)22-3/h4-6,8-11,13H,7,12H2,1-3H3,(H,22,25)(H,23,24)(H,26,27). The maximum absolute atomic E-state index is 12.2. The number of carbonyl (C=O) groups is 3. The SMILES string of the molecule is CNC(=O)c1cccc(CCC(=O)Nc2ccc(C(C)(C)C(=O)O)cc2)c1. The van der Waals surface area contributed by atoms with Crippen molar-refractivity contribution in [2.24, 2.45) is 0 Å². The number of amides is 2. The zero-order valence-corrected chi connectivity index (χ0v) is 15.7. The van der Waals surface area contributed by atoms with Crippen LogP contribution in [0.3, 0.4) is 0 Å². The van der Waals surface area contributed by atoms with Crippen LogP contribution >= 0.6 is 0 Å². The number of aryl methyl sites for hydroxylation is 1. The lowest BCUT2D eigenvalue weighted by atomic mass is 9.85. The smallest absolute Gasteiger partial charge is 0.313 e. The summed E-state index contributed by atoms with van der Waals surface area (Å²) in [4.78, 5) is 35.1. The summed E-state index contributed by atoms with van der Waals surface area (Å²) in [5.41, 5.74) is 1.76. The van der Waals surface area contributed by atoms with E-state index in [1.165, 1.54) is 0 Å². The molecule has 0 aliphatic heterocycles. The summed E-state index contributed by atoms with van der Waals surface area (Å²) in [5, 5.41) is 14.6. The molecule has 0 heterocycles. The van der Waals surface area contributed by atoms with Crippen molar-refractivity contribution >= 4 is 23.5 Å². The molecule has 0 aromatic heterocycles. The van der Waals surface area contributed by atoms with Crippen molar-refractivity contribution in [3.8, 4) is 0 Å². The van der Waals surface area contributed by atoms with Crippen LogP contribution in [0.5, 0.6) is 0 Å². The van der Waals surface area contributed by atoms with E-state index in [0.717, 1.165) is 5.56 Å². The van der Waals surface area contributed by atoms with Gasteiger partial charge >= 0.3 is 5.97 Å². The van der Waals surface area contributed by atoms with Gasteiger partial charge in [-0.15, -0.1) is 0 Å². The summed E-state index contributed by atoms with van der Waals surface area (Å²) in [7, 11) is 1.57. The number of rotatable bonds is 7. The van der Waals surface area contributed by atoms with Crippen molar-refractivity contribution in [3.63, 3.8) is 0 Å². The molecule has 0 saturated carbocycles. The summed E-state index contributed by atoms with van der Waals surface area (Å²) in [6.45, 7) is 3.27. The molecule has 0 unspecified atom stereocenters. The van der Waals surface area contributed by atoms with Crippen LogP contribution in [0.25, 0.3) is 0 Å². The highest BCUT2D eigenvalue weighted by atomic mass is 16.4. The molecule has 6 heteroatoms. The third kappa shape index (κ3) is 5.17. The molecule has 0 aliphatic rings. The van der Waals surface area contributed by atoms with E-state index in [0.29, 0.717) is 23.2 Å². The Morgan fingerprint density at radius 3 is 2.30 bits per heavy atom. The quantitative estimate of drug-likeness (QED) is 0.700. The summed E-state index contributed by atoms with van der Waals surface area (Å²) in [6, 6.07) is 14.0. The van der Waals surface area contributed by atoms with E-state index in [9.17, 15) is 19.5 Å². The van der Waals surface area contributed by atoms with Crippen molar-refractivity contribution in [3.05, 3.63) is 65.2 Å². The van der Waals surface area contributed by atoms with Gasteiger partial charge in [-0.1, -0.05) is 24.3 Å². The zero-order valence-electron chi connectivity index (χ0n) is 15.7. The first-order valence-corrected chi connectivity index (χ1v) is 8.69. The third-order valence-electron chi connectivity index (χ3n) is 4.48. The van der Waals surface area contributed by atoms with Gasteiger partial charge in [0.1, 0.15) is 0 Å². The number of benzene rings is 2. The molecule has 142 valence electrons. The Morgan fingerprint density at radius 1 is 1.04 bits per heavy atom. The topological polar surface area (TPSA) is 95.5 Å². The van der Waals surface area contributed by atoms with Crippen LogP contribution in [0.1, 0.15) is 41.8 Å². The van der Waals surface area contributed by atoms with Gasteiger partial charge in [-0.05, 0) is 55.7 Å². The Kier molecular flexibility index (Phi) is 6.34. The Hall–Kier alpha value is -3.15. The number of hydrogen-bond acceptors (Lipinski definition) is 3. The van der Waals surface area contributed by atoms with Gasteiger partial charge in [0.25, 0.3) is 5.91 Å². The minimum Gasteiger partial charge on any atom is -0.481 e. The number of anilines is 1. The Balaban J connectivity index is 1.95. The van der Waals surface area contributed by atoms with Gasteiger partial charge in [-0.25, -0.2) is 0 Å². The van der Waals surface area contributed by atoms with Gasteiger partial charge in [0.05, 0.1) is 5.41 Å². The number of carboxylic acid groups (broad SMARTS) is 1. The third-order valence-corrected chi connectivity index (χ3v) is 4.48. The fourth-order valence-corrected chi connectivity index (χ4v) is 2.59. The highest BCUT2D eigenvalue weighted by Crippen LogP contribution is 2.24. The molecule has 0 fully saturated rings. The number of nitrogens with one attached hydrogen (secondary N) is 2. The first kappa shape index (κ1) is 20.2. The van der Waals surface area contributed by atoms with E-state index in [4.69, 9.17) is 0 Å². The molecule has 2 amide bonds. The van der Waals surface area contributed by atoms with Crippen LogP contribution in [0.4, 0.5) is 5.69 Å². The Labute approximate surface area is 158 Å². The number of hydrogen-bond donors (Lipinski definition) is 3. The molecule has 0 aliphatic carbocycles. The predicted octanol–water partition coefficient (Wildman–Crippen LogP) is 2.98. The molecular weight excluding hydrogens is 344 g/mol. The van der Waals surface area contributed by atoms with E-state index in [1.807, 2.05) is 6.07 Å². The lowest BCUT2D eigenvalue weighted by Gasteiger charge is -2.19.